The highest BCUT2D eigenvalue weighted by molar-refractivity contribution is 6.33. The standard InChI is InChI=1S/C13H9ClF2N4O2/c14-9-4-2-1-3-8(9)11-18-22-13(21)20(11)7-10-17-5-6-19(10)12(15)16/h1-6,12H,7H2. The van der Waals surface area contributed by atoms with Crippen molar-refractivity contribution in [3.05, 3.63) is 58.1 Å². The van der Waals surface area contributed by atoms with Crippen LogP contribution < -0.4 is 5.76 Å². The Morgan fingerprint density at radius 1 is 1.32 bits per heavy atom. The van der Waals surface area contributed by atoms with E-state index in [1.165, 1.54) is 6.20 Å². The van der Waals surface area contributed by atoms with E-state index in [-0.39, 0.29) is 18.2 Å². The highest BCUT2D eigenvalue weighted by atomic mass is 35.5. The lowest BCUT2D eigenvalue weighted by Gasteiger charge is -2.08. The van der Waals surface area contributed by atoms with Crippen LogP contribution in [0.2, 0.25) is 5.02 Å². The maximum atomic E-state index is 12.9. The molecular formula is C13H9ClF2N4O2. The van der Waals surface area contributed by atoms with E-state index in [1.807, 2.05) is 0 Å². The van der Waals surface area contributed by atoms with E-state index in [9.17, 15) is 13.6 Å². The van der Waals surface area contributed by atoms with Gasteiger partial charge in [0.05, 0.1) is 11.6 Å². The van der Waals surface area contributed by atoms with Crippen LogP contribution in [0.15, 0.2) is 46.0 Å². The van der Waals surface area contributed by atoms with Crippen LogP contribution in [0.5, 0.6) is 0 Å². The zero-order valence-corrected chi connectivity index (χ0v) is 11.7. The highest BCUT2D eigenvalue weighted by Crippen LogP contribution is 2.25. The summed E-state index contributed by atoms with van der Waals surface area (Å²) < 4.78 is 32.1. The molecule has 0 saturated carbocycles. The van der Waals surface area contributed by atoms with Crippen molar-refractivity contribution in [2.75, 3.05) is 0 Å². The lowest BCUT2D eigenvalue weighted by molar-refractivity contribution is 0.0666. The Balaban J connectivity index is 2.06. The van der Waals surface area contributed by atoms with Crippen LogP contribution in [0.1, 0.15) is 12.4 Å². The number of hydrogen-bond acceptors (Lipinski definition) is 4. The highest BCUT2D eigenvalue weighted by Gasteiger charge is 2.19. The fourth-order valence-electron chi connectivity index (χ4n) is 2.03. The first-order chi connectivity index (χ1) is 10.6. The second kappa shape index (κ2) is 5.72. The number of alkyl halides is 2. The van der Waals surface area contributed by atoms with Crippen molar-refractivity contribution in [3.63, 3.8) is 0 Å². The maximum Gasteiger partial charge on any atom is 0.442 e. The topological polar surface area (TPSA) is 65.8 Å². The number of aromatic nitrogens is 4. The summed E-state index contributed by atoms with van der Waals surface area (Å²) in [6.07, 6.45) is 2.36. The fraction of sp³-hybridized carbons (Fsp3) is 0.154. The molecule has 0 saturated heterocycles. The third kappa shape index (κ3) is 2.52. The number of rotatable bonds is 4. The monoisotopic (exact) mass is 326 g/mol. The van der Waals surface area contributed by atoms with Crippen LogP contribution in [0.4, 0.5) is 8.78 Å². The van der Waals surface area contributed by atoms with Crippen LogP contribution in [-0.4, -0.2) is 19.3 Å². The third-order valence-corrected chi connectivity index (χ3v) is 3.39. The predicted octanol–water partition coefficient (Wildman–Crippen LogP) is 2.80. The first kappa shape index (κ1) is 14.5. The lowest BCUT2D eigenvalue weighted by atomic mass is 10.2. The average molecular weight is 327 g/mol. The van der Waals surface area contributed by atoms with Crippen LogP contribution >= 0.6 is 11.6 Å². The zero-order valence-electron chi connectivity index (χ0n) is 11.0. The Morgan fingerprint density at radius 2 is 2.09 bits per heavy atom. The van der Waals surface area contributed by atoms with Gasteiger partial charge in [-0.15, -0.1) is 0 Å². The molecule has 0 aliphatic carbocycles. The predicted molar refractivity (Wildman–Crippen MR) is 73.8 cm³/mol. The van der Waals surface area contributed by atoms with Crippen LogP contribution in [-0.2, 0) is 6.54 Å². The van der Waals surface area contributed by atoms with Gasteiger partial charge in [0.2, 0.25) is 0 Å². The summed E-state index contributed by atoms with van der Waals surface area (Å²) in [5, 5.41) is 4.03. The number of benzene rings is 1. The Kier molecular flexibility index (Phi) is 3.76. The molecule has 3 rings (SSSR count). The number of hydrogen-bond donors (Lipinski definition) is 0. The van der Waals surface area contributed by atoms with Gasteiger partial charge in [-0.1, -0.05) is 28.9 Å². The van der Waals surface area contributed by atoms with Crippen molar-refractivity contribution >= 4 is 11.6 Å². The molecular weight excluding hydrogens is 318 g/mol. The van der Waals surface area contributed by atoms with E-state index >= 15 is 0 Å². The van der Waals surface area contributed by atoms with Gasteiger partial charge in [0.1, 0.15) is 5.82 Å². The van der Waals surface area contributed by atoms with E-state index in [0.717, 1.165) is 10.8 Å². The molecule has 0 bridgehead atoms. The summed E-state index contributed by atoms with van der Waals surface area (Å²) in [7, 11) is 0. The lowest BCUT2D eigenvalue weighted by Crippen LogP contribution is -2.19. The van der Waals surface area contributed by atoms with Gasteiger partial charge >= 0.3 is 12.3 Å². The Morgan fingerprint density at radius 3 is 2.82 bits per heavy atom. The molecule has 2 heterocycles. The molecule has 0 atom stereocenters. The van der Waals surface area contributed by atoms with Crippen molar-refractivity contribution in [3.8, 4) is 11.4 Å². The largest absolute Gasteiger partial charge is 0.442 e. The van der Waals surface area contributed by atoms with Gasteiger partial charge in [-0.25, -0.2) is 14.3 Å². The molecule has 0 amide bonds. The van der Waals surface area contributed by atoms with Crippen LogP contribution in [0.25, 0.3) is 11.4 Å². The van der Waals surface area contributed by atoms with Crippen molar-refractivity contribution in [1.82, 2.24) is 19.3 Å². The van der Waals surface area contributed by atoms with E-state index in [2.05, 4.69) is 14.7 Å². The normalized spacial score (nSPS) is 11.3. The maximum absolute atomic E-state index is 12.9. The number of nitrogens with zero attached hydrogens (tertiary/aromatic N) is 4. The summed E-state index contributed by atoms with van der Waals surface area (Å²) in [6, 6.07) is 6.71. The smallest absolute Gasteiger partial charge is 0.295 e. The minimum Gasteiger partial charge on any atom is -0.295 e. The Bertz CT molecular complexity index is 856. The molecule has 0 aliphatic rings. The minimum absolute atomic E-state index is 0.00797. The summed E-state index contributed by atoms with van der Waals surface area (Å²) in [5.41, 5.74) is 0.463. The van der Waals surface area contributed by atoms with E-state index in [4.69, 9.17) is 11.6 Å². The molecule has 0 N–H and O–H groups in total. The summed E-state index contributed by atoms with van der Waals surface area (Å²) >= 11 is 6.07. The van der Waals surface area contributed by atoms with Crippen molar-refractivity contribution < 1.29 is 13.3 Å². The van der Waals surface area contributed by atoms with Crippen LogP contribution in [0.3, 0.4) is 0 Å². The third-order valence-electron chi connectivity index (χ3n) is 3.06. The molecule has 2 aromatic heterocycles. The molecule has 0 aliphatic heterocycles. The van der Waals surface area contributed by atoms with Crippen LogP contribution in [0, 0.1) is 0 Å². The van der Waals surface area contributed by atoms with Gasteiger partial charge in [0, 0.05) is 18.0 Å². The second-order valence-electron chi connectivity index (χ2n) is 4.37. The molecule has 9 heteroatoms. The van der Waals surface area contributed by atoms with Crippen molar-refractivity contribution in [1.29, 1.82) is 0 Å². The van der Waals surface area contributed by atoms with Gasteiger partial charge in [0.15, 0.2) is 5.82 Å². The van der Waals surface area contributed by atoms with Crippen molar-refractivity contribution in [2.45, 2.75) is 13.1 Å². The molecule has 1 aromatic carbocycles. The molecule has 3 aromatic rings. The molecule has 0 spiro atoms. The fourth-order valence-corrected chi connectivity index (χ4v) is 2.25. The molecule has 22 heavy (non-hydrogen) atoms. The first-order valence-corrected chi connectivity index (χ1v) is 6.57. The number of imidazole rings is 1. The second-order valence-corrected chi connectivity index (χ2v) is 4.77. The van der Waals surface area contributed by atoms with E-state index in [1.54, 1.807) is 24.3 Å². The van der Waals surface area contributed by atoms with Gasteiger partial charge in [0.25, 0.3) is 0 Å². The SMILES string of the molecule is O=c1onc(-c2ccccc2Cl)n1Cc1nccn1C(F)F. The minimum atomic E-state index is -2.75. The molecule has 0 fully saturated rings. The number of halogens is 3. The van der Waals surface area contributed by atoms with E-state index < -0.39 is 12.3 Å². The van der Waals surface area contributed by atoms with Gasteiger partial charge in [-0.05, 0) is 12.1 Å². The first-order valence-electron chi connectivity index (χ1n) is 6.19. The average Bonchev–Trinajstić information content (AvgIpc) is 3.08. The zero-order chi connectivity index (χ0) is 15.7. The molecule has 114 valence electrons. The Labute approximate surface area is 127 Å². The Hall–Kier alpha value is -2.48. The summed E-state index contributed by atoms with van der Waals surface area (Å²) in [5.74, 6) is -0.619. The molecule has 0 unspecified atom stereocenters. The quantitative estimate of drug-likeness (QED) is 0.739. The van der Waals surface area contributed by atoms with Crippen molar-refractivity contribution in [2.24, 2.45) is 0 Å². The van der Waals surface area contributed by atoms with E-state index in [0.29, 0.717) is 15.2 Å². The summed E-state index contributed by atoms with van der Waals surface area (Å²) in [6.45, 7) is -2.96. The molecule has 6 nitrogen and oxygen atoms in total. The van der Waals surface area contributed by atoms with Gasteiger partial charge in [-0.3, -0.25) is 9.09 Å². The molecule has 0 radical (unpaired) electrons. The van der Waals surface area contributed by atoms with Gasteiger partial charge < -0.3 is 0 Å². The van der Waals surface area contributed by atoms with Gasteiger partial charge in [-0.2, -0.15) is 8.78 Å². The summed E-state index contributed by atoms with van der Waals surface area (Å²) in [4.78, 5) is 15.6.